The molecule has 0 radical (unpaired) electrons. The molecule has 6 nitrogen and oxygen atoms in total. The van der Waals surface area contributed by atoms with E-state index in [1.54, 1.807) is 13.8 Å². The van der Waals surface area contributed by atoms with Crippen LogP contribution in [-0.4, -0.2) is 42.4 Å². The number of carboxylic acid groups (broad SMARTS) is 1. The molecule has 2 N–H and O–H groups in total. The maximum atomic E-state index is 12.0. The number of sulfone groups is 1. The van der Waals surface area contributed by atoms with Gasteiger partial charge in [0.05, 0.1) is 11.0 Å². The summed E-state index contributed by atoms with van der Waals surface area (Å²) >= 11 is 0. The molecule has 1 atom stereocenters. The number of carboxylic acids is 1. The van der Waals surface area contributed by atoms with Crippen molar-refractivity contribution in [1.82, 2.24) is 5.32 Å². The molecule has 0 heterocycles. The van der Waals surface area contributed by atoms with Crippen molar-refractivity contribution in [2.45, 2.75) is 57.2 Å². The zero-order valence-corrected chi connectivity index (χ0v) is 12.8. The van der Waals surface area contributed by atoms with Crippen LogP contribution in [0.25, 0.3) is 0 Å². The van der Waals surface area contributed by atoms with Gasteiger partial charge in [0.1, 0.15) is 6.04 Å². The summed E-state index contributed by atoms with van der Waals surface area (Å²) in [5, 5.41) is 11.0. The normalized spacial score (nSPS) is 18.1. The van der Waals surface area contributed by atoms with Gasteiger partial charge < -0.3 is 10.4 Å². The monoisotopic (exact) mass is 305 g/mol. The minimum absolute atomic E-state index is 0.171. The van der Waals surface area contributed by atoms with Gasteiger partial charge in [0.2, 0.25) is 5.91 Å². The van der Waals surface area contributed by atoms with E-state index in [9.17, 15) is 18.0 Å². The Labute approximate surface area is 119 Å². The summed E-state index contributed by atoms with van der Waals surface area (Å²) in [5.41, 5.74) is 0. The Balaban J connectivity index is 2.48. The van der Waals surface area contributed by atoms with Gasteiger partial charge in [0.15, 0.2) is 9.84 Å². The second-order valence-corrected chi connectivity index (χ2v) is 8.05. The molecule has 116 valence electrons. The number of carbonyl (C=O) groups excluding carboxylic acids is 1. The molecule has 0 bridgehead atoms. The number of hydrogen-bond acceptors (Lipinski definition) is 4. The van der Waals surface area contributed by atoms with Crippen molar-refractivity contribution in [2.75, 3.05) is 5.75 Å². The standard InChI is InChI=1S/C13H23NO5S/c1-9(2)12(13(16)17)14-11(15)7-8-20(18,19)10-5-3-4-6-10/h9-10,12H,3-8H2,1-2H3,(H,14,15)(H,16,17)/t12-/m1/s1. The third-order valence-electron chi connectivity index (χ3n) is 3.67. The molecular formula is C13H23NO5S. The Morgan fingerprint density at radius 2 is 1.80 bits per heavy atom. The molecule has 1 amide bonds. The van der Waals surface area contributed by atoms with Gasteiger partial charge in [0, 0.05) is 6.42 Å². The first-order chi connectivity index (χ1) is 9.24. The summed E-state index contributed by atoms with van der Waals surface area (Å²) in [5.74, 6) is -2.07. The van der Waals surface area contributed by atoms with Gasteiger partial charge in [-0.15, -0.1) is 0 Å². The predicted molar refractivity (Wildman–Crippen MR) is 75.1 cm³/mol. The van der Waals surface area contributed by atoms with Crippen molar-refractivity contribution in [3.63, 3.8) is 0 Å². The number of rotatable bonds is 7. The SMILES string of the molecule is CC(C)[C@@H](NC(=O)CCS(=O)(=O)C1CCCC1)C(=O)O. The highest BCUT2D eigenvalue weighted by molar-refractivity contribution is 7.92. The first-order valence-electron chi connectivity index (χ1n) is 6.97. The van der Waals surface area contributed by atoms with E-state index in [0.717, 1.165) is 12.8 Å². The highest BCUT2D eigenvalue weighted by Gasteiger charge is 2.30. The van der Waals surface area contributed by atoms with Crippen molar-refractivity contribution in [3.05, 3.63) is 0 Å². The summed E-state index contributed by atoms with van der Waals surface area (Å²) in [7, 11) is -3.24. The van der Waals surface area contributed by atoms with Gasteiger partial charge in [-0.1, -0.05) is 26.7 Å². The first kappa shape index (κ1) is 16.9. The van der Waals surface area contributed by atoms with E-state index in [4.69, 9.17) is 5.11 Å². The maximum Gasteiger partial charge on any atom is 0.326 e. The fourth-order valence-electron chi connectivity index (χ4n) is 2.41. The minimum Gasteiger partial charge on any atom is -0.480 e. The van der Waals surface area contributed by atoms with E-state index < -0.39 is 27.8 Å². The average molecular weight is 305 g/mol. The van der Waals surface area contributed by atoms with Gasteiger partial charge in [0.25, 0.3) is 0 Å². The molecule has 0 aromatic rings. The zero-order chi connectivity index (χ0) is 15.3. The Bertz CT molecular complexity index is 451. The summed E-state index contributed by atoms with van der Waals surface area (Å²) < 4.78 is 24.0. The summed E-state index contributed by atoms with van der Waals surface area (Å²) in [6.45, 7) is 3.38. The van der Waals surface area contributed by atoms with E-state index in [0.29, 0.717) is 12.8 Å². The van der Waals surface area contributed by atoms with Crippen LogP contribution in [0.3, 0.4) is 0 Å². The molecule has 0 aromatic carbocycles. The van der Waals surface area contributed by atoms with Gasteiger partial charge in [-0.05, 0) is 18.8 Å². The van der Waals surface area contributed by atoms with Crippen LogP contribution in [0, 0.1) is 5.92 Å². The first-order valence-corrected chi connectivity index (χ1v) is 8.69. The summed E-state index contributed by atoms with van der Waals surface area (Å²) in [6.07, 6.45) is 3.02. The third kappa shape index (κ3) is 4.77. The van der Waals surface area contributed by atoms with Crippen LogP contribution in [0.2, 0.25) is 0 Å². The highest BCUT2D eigenvalue weighted by Crippen LogP contribution is 2.25. The molecule has 20 heavy (non-hydrogen) atoms. The van der Waals surface area contributed by atoms with Gasteiger partial charge in [-0.3, -0.25) is 4.79 Å². The number of aliphatic carboxylic acids is 1. The molecule has 1 aliphatic rings. The maximum absolute atomic E-state index is 12.0. The van der Waals surface area contributed by atoms with Crippen molar-refractivity contribution < 1.29 is 23.1 Å². The highest BCUT2D eigenvalue weighted by atomic mass is 32.2. The molecule has 0 spiro atoms. The molecule has 1 fully saturated rings. The molecule has 0 unspecified atom stereocenters. The van der Waals surface area contributed by atoms with Crippen LogP contribution in [0.4, 0.5) is 0 Å². The lowest BCUT2D eigenvalue weighted by atomic mass is 10.0. The van der Waals surface area contributed by atoms with E-state index in [2.05, 4.69) is 5.32 Å². The zero-order valence-electron chi connectivity index (χ0n) is 12.0. The van der Waals surface area contributed by atoms with Gasteiger partial charge in [-0.2, -0.15) is 0 Å². The summed E-state index contributed by atoms with van der Waals surface area (Å²) in [6, 6.07) is -0.975. The Morgan fingerprint density at radius 1 is 1.25 bits per heavy atom. The average Bonchev–Trinajstić information content (AvgIpc) is 2.87. The Hall–Kier alpha value is -1.11. The van der Waals surface area contributed by atoms with Crippen LogP contribution in [0.5, 0.6) is 0 Å². The topological polar surface area (TPSA) is 101 Å². The lowest BCUT2D eigenvalue weighted by Gasteiger charge is -2.18. The van der Waals surface area contributed by atoms with Crippen LogP contribution >= 0.6 is 0 Å². The number of hydrogen-bond donors (Lipinski definition) is 2. The molecule has 0 aliphatic heterocycles. The fourth-order valence-corrected chi connectivity index (χ4v) is 4.26. The largest absolute Gasteiger partial charge is 0.480 e. The Morgan fingerprint density at radius 3 is 2.25 bits per heavy atom. The molecule has 0 aromatic heterocycles. The van der Waals surface area contributed by atoms with Crippen LogP contribution in [0.15, 0.2) is 0 Å². The lowest BCUT2D eigenvalue weighted by Crippen LogP contribution is -2.44. The van der Waals surface area contributed by atoms with Crippen LogP contribution in [-0.2, 0) is 19.4 Å². The van der Waals surface area contributed by atoms with Crippen molar-refractivity contribution in [2.24, 2.45) is 5.92 Å². The van der Waals surface area contributed by atoms with E-state index in [1.807, 2.05) is 0 Å². The third-order valence-corrected chi connectivity index (χ3v) is 5.93. The van der Waals surface area contributed by atoms with Crippen LogP contribution in [0.1, 0.15) is 46.0 Å². The van der Waals surface area contributed by atoms with E-state index in [1.165, 1.54) is 0 Å². The smallest absolute Gasteiger partial charge is 0.326 e. The van der Waals surface area contributed by atoms with Crippen molar-refractivity contribution in [1.29, 1.82) is 0 Å². The molecule has 0 saturated heterocycles. The summed E-state index contributed by atoms with van der Waals surface area (Å²) in [4.78, 5) is 22.6. The molecule has 1 saturated carbocycles. The van der Waals surface area contributed by atoms with Crippen molar-refractivity contribution in [3.8, 4) is 0 Å². The molecule has 1 rings (SSSR count). The van der Waals surface area contributed by atoms with Gasteiger partial charge >= 0.3 is 5.97 Å². The molecular weight excluding hydrogens is 282 g/mol. The number of carbonyl (C=O) groups is 2. The molecule has 1 aliphatic carbocycles. The number of amides is 1. The predicted octanol–water partition coefficient (Wildman–Crippen LogP) is 0.959. The quantitative estimate of drug-likeness (QED) is 0.729. The fraction of sp³-hybridized carbons (Fsp3) is 0.846. The van der Waals surface area contributed by atoms with Gasteiger partial charge in [-0.25, -0.2) is 13.2 Å². The second kappa shape index (κ2) is 7.06. The Kier molecular flexibility index (Phi) is 5.98. The van der Waals surface area contributed by atoms with Crippen LogP contribution < -0.4 is 5.32 Å². The minimum atomic E-state index is -3.24. The van der Waals surface area contributed by atoms with Crippen molar-refractivity contribution >= 4 is 21.7 Å². The number of nitrogens with one attached hydrogen (secondary N) is 1. The lowest BCUT2D eigenvalue weighted by molar-refractivity contribution is -0.143. The van der Waals surface area contributed by atoms with E-state index in [-0.39, 0.29) is 23.3 Å². The second-order valence-electron chi connectivity index (χ2n) is 5.65. The molecule has 7 heteroatoms. The van der Waals surface area contributed by atoms with E-state index >= 15 is 0 Å².